The summed E-state index contributed by atoms with van der Waals surface area (Å²) in [6, 6.07) is 0. The van der Waals surface area contributed by atoms with Crippen LogP contribution in [0.2, 0.25) is 0 Å². The molecule has 0 rings (SSSR count). The summed E-state index contributed by atoms with van der Waals surface area (Å²) < 4.78 is 0. The van der Waals surface area contributed by atoms with Crippen LogP contribution >= 0.6 is 0 Å². The van der Waals surface area contributed by atoms with E-state index >= 15 is 0 Å². The Morgan fingerprint density at radius 1 is 1.60 bits per heavy atom. The average molecular weight is 148 g/mol. The average Bonchev–Trinajstić information content (AvgIpc) is 0.918. The molecule has 1 nitrogen and oxygen atoms in total. The molecule has 0 aliphatic heterocycles. The molecule has 5 heavy (non-hydrogen) atoms. The zero-order chi connectivity index (χ0) is 2.71. The van der Waals surface area contributed by atoms with Crippen LogP contribution in [-0.2, 0) is 32.7 Å². The first-order valence-corrected chi connectivity index (χ1v) is 1.21. The van der Waals surface area contributed by atoms with Gasteiger partial charge in [0.05, 0.1) is 0 Å². The zero-order valence-corrected chi connectivity index (χ0v) is 6.41. The molecule has 0 aliphatic rings. The van der Waals surface area contributed by atoms with Gasteiger partial charge in [-0.1, -0.05) is 6.92 Å². The molecule has 0 amide bonds. The van der Waals surface area contributed by atoms with E-state index in [0.717, 1.165) is 6.42 Å². The van der Waals surface area contributed by atoms with Crippen molar-refractivity contribution in [2.45, 2.75) is 13.3 Å². The molecule has 0 aliphatic carbocycles. The quantitative estimate of drug-likeness (QED) is 0.470. The van der Waals surface area contributed by atoms with Crippen LogP contribution < -0.4 is 0 Å². The van der Waals surface area contributed by atoms with Crippen LogP contribution in [0.5, 0.6) is 0 Å². The minimum atomic E-state index is 0. The van der Waals surface area contributed by atoms with Crippen LogP contribution in [0.25, 0.3) is 6.15 Å². The van der Waals surface area contributed by atoms with E-state index < -0.39 is 0 Å². The molecule has 0 fully saturated rings. The van der Waals surface area contributed by atoms with Gasteiger partial charge in [-0.3, -0.25) is 0 Å². The predicted octanol–water partition coefficient (Wildman–Crippen LogP) is 1.95. The maximum absolute atomic E-state index is 3.49. The van der Waals surface area contributed by atoms with Gasteiger partial charge >= 0.3 is 0 Å². The van der Waals surface area contributed by atoms with E-state index in [4.69, 9.17) is 0 Å². The molecule has 2 N–H and O–H groups in total. The standard InChI is InChI=1S/C3H7.H2N.Y/c1-3-2;;/h1,3H2,2H3;1H2;/q2*-1;. The summed E-state index contributed by atoms with van der Waals surface area (Å²) in [6.07, 6.45) is 1.00. The Morgan fingerprint density at radius 3 is 1.60 bits per heavy atom. The van der Waals surface area contributed by atoms with Crippen LogP contribution in [-0.4, -0.2) is 0 Å². The molecule has 0 saturated carbocycles. The van der Waals surface area contributed by atoms with Crippen molar-refractivity contribution in [1.29, 1.82) is 0 Å². The SMILES string of the molecule is [CH2-]CC.[NH2-].[Y]. The zero-order valence-electron chi connectivity index (χ0n) is 3.57. The first-order chi connectivity index (χ1) is 1.41. The van der Waals surface area contributed by atoms with E-state index in [0.29, 0.717) is 0 Å². The van der Waals surface area contributed by atoms with Gasteiger partial charge in [-0.15, -0.1) is 0 Å². The van der Waals surface area contributed by atoms with Gasteiger partial charge in [-0.05, 0) is 0 Å². The molecule has 0 aromatic carbocycles. The predicted molar refractivity (Wildman–Crippen MR) is 20.9 cm³/mol. The number of hydrogen-bond donors (Lipinski definition) is 0. The van der Waals surface area contributed by atoms with Crippen molar-refractivity contribution >= 4 is 0 Å². The third kappa shape index (κ3) is 42.0. The van der Waals surface area contributed by atoms with Gasteiger partial charge < -0.3 is 13.1 Å². The summed E-state index contributed by atoms with van der Waals surface area (Å²) in [5.74, 6) is 0. The summed E-state index contributed by atoms with van der Waals surface area (Å²) in [5.41, 5.74) is 0. The molecule has 0 atom stereocenters. The third-order valence-corrected chi connectivity index (χ3v) is 0. The van der Waals surface area contributed by atoms with E-state index in [-0.39, 0.29) is 38.9 Å². The Bertz CT molecular complexity index is 6.85. The van der Waals surface area contributed by atoms with Crippen molar-refractivity contribution in [2.24, 2.45) is 0 Å². The van der Waals surface area contributed by atoms with Gasteiger partial charge in [0, 0.05) is 32.7 Å². The van der Waals surface area contributed by atoms with Gasteiger partial charge in [0.1, 0.15) is 0 Å². The molecule has 1 radical (unpaired) electrons. The number of rotatable bonds is 0. The maximum Gasteiger partial charge on any atom is 0 e. The Hall–Kier alpha value is 1.06. The largest absolute Gasteiger partial charge is 0.693 e. The van der Waals surface area contributed by atoms with E-state index in [1.807, 2.05) is 6.92 Å². The van der Waals surface area contributed by atoms with Gasteiger partial charge in [-0.2, -0.15) is 6.42 Å². The first kappa shape index (κ1) is 16.6. The molecule has 2 heteroatoms. The molecule has 0 aromatic rings. The Balaban J connectivity index is -0.0000000200. The van der Waals surface area contributed by atoms with Crippen LogP contribution in [0.3, 0.4) is 0 Å². The Labute approximate surface area is 59.0 Å². The van der Waals surface area contributed by atoms with E-state index in [9.17, 15) is 0 Å². The molecule has 0 saturated heterocycles. The van der Waals surface area contributed by atoms with Crippen molar-refractivity contribution in [3.05, 3.63) is 13.1 Å². The number of hydrogen-bond acceptors (Lipinski definition) is 0. The van der Waals surface area contributed by atoms with Gasteiger partial charge in [0.2, 0.25) is 0 Å². The molecule has 31 valence electrons. The van der Waals surface area contributed by atoms with Crippen LogP contribution in [0.4, 0.5) is 0 Å². The van der Waals surface area contributed by atoms with Crippen LogP contribution in [0, 0.1) is 6.92 Å². The minimum Gasteiger partial charge on any atom is -0.693 e. The molecule has 0 unspecified atom stereocenters. The Morgan fingerprint density at radius 2 is 1.60 bits per heavy atom. The Kier molecular flexibility index (Phi) is 65.0. The summed E-state index contributed by atoms with van der Waals surface area (Å²) in [6.45, 7) is 5.50. The topological polar surface area (TPSA) is 33.5 Å². The van der Waals surface area contributed by atoms with Crippen molar-refractivity contribution in [3.63, 3.8) is 0 Å². The number of nitrogens with two attached hydrogens (primary N) is 1. The minimum absolute atomic E-state index is 0. The van der Waals surface area contributed by atoms with Crippen LogP contribution in [0.15, 0.2) is 0 Å². The fourth-order valence-electron chi connectivity index (χ4n) is 0. The second-order valence-electron chi connectivity index (χ2n) is 0.500. The van der Waals surface area contributed by atoms with Crippen LogP contribution in [0.1, 0.15) is 13.3 Å². The summed E-state index contributed by atoms with van der Waals surface area (Å²) >= 11 is 0. The molecule has 0 aromatic heterocycles. The van der Waals surface area contributed by atoms with E-state index in [1.54, 1.807) is 0 Å². The van der Waals surface area contributed by atoms with Crippen molar-refractivity contribution in [3.8, 4) is 0 Å². The summed E-state index contributed by atoms with van der Waals surface area (Å²) in [4.78, 5) is 0. The molecule has 0 bridgehead atoms. The van der Waals surface area contributed by atoms with Gasteiger partial charge in [0.15, 0.2) is 0 Å². The maximum atomic E-state index is 3.49. The molecular weight excluding hydrogens is 139 g/mol. The summed E-state index contributed by atoms with van der Waals surface area (Å²) in [7, 11) is 0. The van der Waals surface area contributed by atoms with Crippen molar-refractivity contribution in [1.82, 2.24) is 0 Å². The smallest absolute Gasteiger partial charge is 0 e. The fraction of sp³-hybridized carbons (Fsp3) is 0.667. The van der Waals surface area contributed by atoms with Gasteiger partial charge in [0.25, 0.3) is 0 Å². The monoisotopic (exact) mass is 148 g/mol. The molecule has 0 spiro atoms. The second-order valence-corrected chi connectivity index (χ2v) is 0.500. The normalized spacial score (nSPS) is 3.60. The molecule has 0 heterocycles. The van der Waals surface area contributed by atoms with Crippen molar-refractivity contribution < 1.29 is 32.7 Å². The van der Waals surface area contributed by atoms with Gasteiger partial charge in [-0.25, -0.2) is 0 Å². The second kappa shape index (κ2) is 19.6. The fourth-order valence-corrected chi connectivity index (χ4v) is 0. The van der Waals surface area contributed by atoms with Crippen molar-refractivity contribution in [2.75, 3.05) is 0 Å². The van der Waals surface area contributed by atoms with E-state index in [2.05, 4.69) is 6.92 Å². The third-order valence-electron chi connectivity index (χ3n) is 0. The first-order valence-electron chi connectivity index (χ1n) is 1.21. The summed E-state index contributed by atoms with van der Waals surface area (Å²) in [5, 5.41) is 0. The van der Waals surface area contributed by atoms with E-state index in [1.165, 1.54) is 0 Å². The molecular formula is C3H9NY-2.